The van der Waals surface area contributed by atoms with Crippen molar-refractivity contribution in [1.82, 2.24) is 15.5 Å². The molecule has 0 saturated carbocycles. The molecule has 4 nitrogen and oxygen atoms in total. The molecule has 90 valence electrons. The highest BCUT2D eigenvalue weighted by molar-refractivity contribution is 4.63. The smallest absolute Gasteiger partial charge is 0.0594 e. The van der Waals surface area contributed by atoms with Gasteiger partial charge in [0.1, 0.15) is 0 Å². The average molecular weight is 215 g/mol. The normalized spacial score (nSPS) is 18.6. The minimum atomic E-state index is 0.589. The van der Waals surface area contributed by atoms with Gasteiger partial charge in [-0.05, 0) is 0 Å². The number of hydrogen-bond donors (Lipinski definition) is 2. The first kappa shape index (κ1) is 12.9. The lowest BCUT2D eigenvalue weighted by molar-refractivity contribution is 0.0384. The molecule has 0 spiro atoms. The summed E-state index contributed by atoms with van der Waals surface area (Å²) in [6.45, 7) is 12.7. The fraction of sp³-hybridized carbons (Fsp3) is 1.00. The Labute approximate surface area is 93.4 Å². The van der Waals surface area contributed by atoms with Crippen LogP contribution in [0.4, 0.5) is 0 Å². The molecule has 0 aromatic heterocycles. The van der Waals surface area contributed by atoms with Gasteiger partial charge in [-0.25, -0.2) is 0 Å². The SMILES string of the molecule is CC(C)NCCNCCN1CCOCC1. The minimum absolute atomic E-state index is 0.589. The highest BCUT2D eigenvalue weighted by Crippen LogP contribution is 1.94. The maximum absolute atomic E-state index is 5.30. The Bertz CT molecular complexity index is 147. The van der Waals surface area contributed by atoms with E-state index >= 15 is 0 Å². The van der Waals surface area contributed by atoms with Crippen LogP contribution in [0.3, 0.4) is 0 Å². The largest absolute Gasteiger partial charge is 0.379 e. The molecule has 0 aliphatic carbocycles. The second-order valence-electron chi connectivity index (χ2n) is 4.31. The molecule has 1 aliphatic rings. The van der Waals surface area contributed by atoms with Gasteiger partial charge in [-0.2, -0.15) is 0 Å². The number of hydrogen-bond acceptors (Lipinski definition) is 4. The molecule has 2 N–H and O–H groups in total. The lowest BCUT2D eigenvalue weighted by Gasteiger charge is -2.26. The van der Waals surface area contributed by atoms with Gasteiger partial charge in [0.05, 0.1) is 13.2 Å². The summed E-state index contributed by atoms with van der Waals surface area (Å²) in [6, 6.07) is 0.589. The molecule has 0 unspecified atom stereocenters. The van der Waals surface area contributed by atoms with Crippen molar-refractivity contribution in [2.75, 3.05) is 52.5 Å². The summed E-state index contributed by atoms with van der Waals surface area (Å²) in [6.07, 6.45) is 0. The Balaban J connectivity index is 1.83. The highest BCUT2D eigenvalue weighted by Gasteiger charge is 2.08. The summed E-state index contributed by atoms with van der Waals surface area (Å²) in [7, 11) is 0. The second-order valence-corrected chi connectivity index (χ2v) is 4.31. The molecule has 1 fully saturated rings. The van der Waals surface area contributed by atoms with Crippen molar-refractivity contribution in [3.05, 3.63) is 0 Å². The van der Waals surface area contributed by atoms with Gasteiger partial charge in [-0.1, -0.05) is 13.8 Å². The van der Waals surface area contributed by atoms with Crippen LogP contribution in [-0.4, -0.2) is 63.4 Å². The number of morpholine rings is 1. The first-order valence-electron chi connectivity index (χ1n) is 6.03. The van der Waals surface area contributed by atoms with Crippen LogP contribution in [0.5, 0.6) is 0 Å². The van der Waals surface area contributed by atoms with E-state index in [9.17, 15) is 0 Å². The van der Waals surface area contributed by atoms with Crippen LogP contribution in [0.2, 0.25) is 0 Å². The van der Waals surface area contributed by atoms with Crippen molar-refractivity contribution < 1.29 is 4.74 Å². The van der Waals surface area contributed by atoms with Gasteiger partial charge in [0.15, 0.2) is 0 Å². The fourth-order valence-corrected chi connectivity index (χ4v) is 1.64. The third-order valence-corrected chi connectivity index (χ3v) is 2.56. The van der Waals surface area contributed by atoms with Crippen LogP contribution >= 0.6 is 0 Å². The van der Waals surface area contributed by atoms with Gasteiger partial charge in [0.25, 0.3) is 0 Å². The number of nitrogens with one attached hydrogen (secondary N) is 2. The van der Waals surface area contributed by atoms with Crippen LogP contribution in [0.1, 0.15) is 13.8 Å². The van der Waals surface area contributed by atoms with Gasteiger partial charge < -0.3 is 15.4 Å². The van der Waals surface area contributed by atoms with Crippen molar-refractivity contribution in [3.8, 4) is 0 Å². The minimum Gasteiger partial charge on any atom is -0.379 e. The Morgan fingerprint density at radius 2 is 1.87 bits per heavy atom. The Hall–Kier alpha value is -0.160. The van der Waals surface area contributed by atoms with Crippen molar-refractivity contribution >= 4 is 0 Å². The zero-order valence-electron chi connectivity index (χ0n) is 10.1. The van der Waals surface area contributed by atoms with E-state index in [4.69, 9.17) is 4.74 Å². The molecule has 4 heteroatoms. The standard InChI is InChI=1S/C11H25N3O/c1-11(2)13-4-3-12-5-6-14-7-9-15-10-8-14/h11-13H,3-10H2,1-2H3. The van der Waals surface area contributed by atoms with Gasteiger partial charge in [-0.3, -0.25) is 4.90 Å². The average Bonchev–Trinajstić information content (AvgIpc) is 2.24. The molecule has 0 radical (unpaired) electrons. The molecule has 1 rings (SSSR count). The summed E-state index contributed by atoms with van der Waals surface area (Å²) in [5, 5.41) is 6.83. The van der Waals surface area contributed by atoms with E-state index in [1.807, 2.05) is 0 Å². The molecule has 0 atom stereocenters. The van der Waals surface area contributed by atoms with E-state index in [2.05, 4.69) is 29.4 Å². The zero-order valence-corrected chi connectivity index (χ0v) is 10.1. The Morgan fingerprint density at radius 1 is 1.13 bits per heavy atom. The first-order chi connectivity index (χ1) is 7.29. The summed E-state index contributed by atoms with van der Waals surface area (Å²) in [4.78, 5) is 2.45. The zero-order chi connectivity index (χ0) is 10.9. The number of ether oxygens (including phenoxy) is 1. The van der Waals surface area contributed by atoms with Gasteiger partial charge in [0.2, 0.25) is 0 Å². The van der Waals surface area contributed by atoms with Crippen LogP contribution in [0.25, 0.3) is 0 Å². The molecular weight excluding hydrogens is 190 g/mol. The maximum Gasteiger partial charge on any atom is 0.0594 e. The van der Waals surface area contributed by atoms with E-state index in [0.29, 0.717) is 6.04 Å². The van der Waals surface area contributed by atoms with E-state index < -0.39 is 0 Å². The third-order valence-electron chi connectivity index (χ3n) is 2.56. The predicted octanol–water partition coefficient (Wildman–Crippen LogP) is -0.0938. The molecule has 0 bridgehead atoms. The maximum atomic E-state index is 5.30. The molecule has 0 aromatic rings. The summed E-state index contributed by atoms with van der Waals surface area (Å²) < 4.78 is 5.30. The molecule has 1 saturated heterocycles. The fourth-order valence-electron chi connectivity index (χ4n) is 1.64. The van der Waals surface area contributed by atoms with Crippen LogP contribution in [0.15, 0.2) is 0 Å². The summed E-state index contributed by atoms with van der Waals surface area (Å²) >= 11 is 0. The monoisotopic (exact) mass is 215 g/mol. The summed E-state index contributed by atoms with van der Waals surface area (Å²) in [5.74, 6) is 0. The molecule has 15 heavy (non-hydrogen) atoms. The topological polar surface area (TPSA) is 36.5 Å². The first-order valence-corrected chi connectivity index (χ1v) is 6.03. The Morgan fingerprint density at radius 3 is 2.53 bits per heavy atom. The van der Waals surface area contributed by atoms with Crippen molar-refractivity contribution in [3.63, 3.8) is 0 Å². The van der Waals surface area contributed by atoms with Crippen molar-refractivity contribution in [2.24, 2.45) is 0 Å². The predicted molar refractivity (Wildman–Crippen MR) is 63.3 cm³/mol. The molecular formula is C11H25N3O. The van der Waals surface area contributed by atoms with Crippen LogP contribution in [-0.2, 0) is 4.74 Å². The van der Waals surface area contributed by atoms with Crippen LogP contribution in [0, 0.1) is 0 Å². The highest BCUT2D eigenvalue weighted by atomic mass is 16.5. The van der Waals surface area contributed by atoms with Gasteiger partial charge in [0, 0.05) is 45.3 Å². The van der Waals surface area contributed by atoms with E-state index in [1.54, 1.807) is 0 Å². The van der Waals surface area contributed by atoms with Crippen molar-refractivity contribution in [2.45, 2.75) is 19.9 Å². The van der Waals surface area contributed by atoms with Gasteiger partial charge in [-0.15, -0.1) is 0 Å². The van der Waals surface area contributed by atoms with Crippen molar-refractivity contribution in [1.29, 1.82) is 0 Å². The lowest BCUT2D eigenvalue weighted by atomic mass is 10.4. The Kier molecular flexibility index (Phi) is 6.92. The van der Waals surface area contributed by atoms with Gasteiger partial charge >= 0.3 is 0 Å². The third kappa shape index (κ3) is 6.84. The van der Waals surface area contributed by atoms with E-state index in [-0.39, 0.29) is 0 Å². The molecule has 0 aromatic carbocycles. The van der Waals surface area contributed by atoms with Crippen LogP contribution < -0.4 is 10.6 Å². The molecule has 1 aliphatic heterocycles. The van der Waals surface area contributed by atoms with E-state index in [0.717, 1.165) is 52.5 Å². The molecule has 0 amide bonds. The quantitative estimate of drug-likeness (QED) is 0.582. The summed E-state index contributed by atoms with van der Waals surface area (Å²) in [5.41, 5.74) is 0. The number of rotatable bonds is 7. The second kappa shape index (κ2) is 8.05. The van der Waals surface area contributed by atoms with E-state index in [1.165, 1.54) is 0 Å². The number of nitrogens with zero attached hydrogens (tertiary/aromatic N) is 1. The lowest BCUT2D eigenvalue weighted by Crippen LogP contribution is -2.41. The molecule has 1 heterocycles.